The van der Waals surface area contributed by atoms with Crippen molar-refractivity contribution in [1.29, 1.82) is 0 Å². The second-order valence-electron chi connectivity index (χ2n) is 4.49. The third-order valence-corrected chi connectivity index (χ3v) is 2.73. The summed E-state index contributed by atoms with van der Waals surface area (Å²) in [5, 5.41) is 2.19. The Balaban J connectivity index is 1.95. The Labute approximate surface area is 133 Å². The average molecular weight is 340 g/mol. The maximum absolute atomic E-state index is 12.6. The van der Waals surface area contributed by atoms with Crippen LogP contribution >= 0.6 is 0 Å². The van der Waals surface area contributed by atoms with Gasteiger partial charge in [0.25, 0.3) is 5.91 Å². The van der Waals surface area contributed by atoms with Gasteiger partial charge in [-0.1, -0.05) is 6.07 Å². The number of esters is 1. The summed E-state index contributed by atoms with van der Waals surface area (Å²) in [6.45, 7) is -0.717. The molecule has 1 heterocycles. The molecule has 0 aliphatic carbocycles. The maximum Gasteiger partial charge on any atom is 0.416 e. The molecule has 0 atom stereocenters. The molecule has 1 aromatic carbocycles. The Bertz CT molecular complexity index is 765. The van der Waals surface area contributed by atoms with Crippen LogP contribution in [0.4, 0.5) is 24.7 Å². The number of halogens is 3. The number of hydrogen-bond donors (Lipinski definition) is 2. The SMILES string of the molecule is Nc1nccnc1C(=O)OCC(=O)Nc1cccc(C(F)(F)F)c1. The van der Waals surface area contributed by atoms with Gasteiger partial charge in [0.05, 0.1) is 5.56 Å². The maximum atomic E-state index is 12.6. The predicted octanol–water partition coefficient (Wildman–Crippen LogP) is 1.87. The van der Waals surface area contributed by atoms with E-state index in [9.17, 15) is 22.8 Å². The van der Waals surface area contributed by atoms with Crippen LogP contribution in [0.3, 0.4) is 0 Å². The lowest BCUT2D eigenvalue weighted by Crippen LogP contribution is -2.22. The van der Waals surface area contributed by atoms with E-state index in [4.69, 9.17) is 5.73 Å². The Morgan fingerprint density at radius 2 is 1.92 bits per heavy atom. The van der Waals surface area contributed by atoms with Crippen LogP contribution in [0.2, 0.25) is 0 Å². The van der Waals surface area contributed by atoms with E-state index < -0.39 is 30.2 Å². The molecule has 126 valence electrons. The summed E-state index contributed by atoms with van der Waals surface area (Å²) in [5.74, 6) is -1.95. The van der Waals surface area contributed by atoms with Crippen LogP contribution in [0, 0.1) is 0 Å². The number of anilines is 2. The summed E-state index contributed by atoms with van der Waals surface area (Å²) >= 11 is 0. The molecule has 2 rings (SSSR count). The minimum Gasteiger partial charge on any atom is -0.451 e. The standard InChI is InChI=1S/C14H11F3N4O3/c15-14(16,17)8-2-1-3-9(6-8)21-10(22)7-24-13(23)11-12(18)20-5-4-19-11/h1-6H,7H2,(H2,18,20)(H,21,22). The molecule has 24 heavy (non-hydrogen) atoms. The molecule has 0 saturated carbocycles. The quantitative estimate of drug-likeness (QED) is 0.823. The number of ether oxygens (including phenoxy) is 1. The number of hydrogen-bond acceptors (Lipinski definition) is 6. The van der Waals surface area contributed by atoms with E-state index in [2.05, 4.69) is 20.0 Å². The highest BCUT2D eigenvalue weighted by Gasteiger charge is 2.30. The summed E-state index contributed by atoms with van der Waals surface area (Å²) in [4.78, 5) is 30.6. The molecule has 1 amide bonds. The fourth-order valence-corrected chi connectivity index (χ4v) is 1.68. The first-order valence-corrected chi connectivity index (χ1v) is 6.48. The van der Waals surface area contributed by atoms with Crippen LogP contribution in [0.15, 0.2) is 36.7 Å². The first-order valence-electron chi connectivity index (χ1n) is 6.48. The van der Waals surface area contributed by atoms with Crippen molar-refractivity contribution in [1.82, 2.24) is 9.97 Å². The van der Waals surface area contributed by atoms with E-state index in [1.165, 1.54) is 18.5 Å². The number of amides is 1. The lowest BCUT2D eigenvalue weighted by Gasteiger charge is -2.10. The average Bonchev–Trinajstić information content (AvgIpc) is 2.52. The van der Waals surface area contributed by atoms with E-state index >= 15 is 0 Å². The van der Waals surface area contributed by atoms with E-state index in [1.54, 1.807) is 0 Å². The number of nitrogens with one attached hydrogen (secondary N) is 1. The zero-order chi connectivity index (χ0) is 17.7. The van der Waals surface area contributed by atoms with Gasteiger partial charge in [-0.05, 0) is 18.2 Å². The van der Waals surface area contributed by atoms with Gasteiger partial charge in [0.2, 0.25) is 0 Å². The molecule has 10 heteroatoms. The number of nitrogen functional groups attached to an aromatic ring is 1. The molecule has 0 spiro atoms. The molecular weight excluding hydrogens is 329 g/mol. The first kappa shape index (κ1) is 17.2. The van der Waals surface area contributed by atoms with Crippen LogP contribution in [-0.4, -0.2) is 28.5 Å². The van der Waals surface area contributed by atoms with Gasteiger partial charge >= 0.3 is 12.1 Å². The largest absolute Gasteiger partial charge is 0.451 e. The van der Waals surface area contributed by atoms with Crippen molar-refractivity contribution in [3.63, 3.8) is 0 Å². The third kappa shape index (κ3) is 4.41. The van der Waals surface area contributed by atoms with Crippen molar-refractivity contribution in [2.24, 2.45) is 0 Å². The smallest absolute Gasteiger partial charge is 0.416 e. The monoisotopic (exact) mass is 340 g/mol. The van der Waals surface area contributed by atoms with Gasteiger partial charge < -0.3 is 15.8 Å². The number of nitrogens with zero attached hydrogens (tertiary/aromatic N) is 2. The van der Waals surface area contributed by atoms with Crippen molar-refractivity contribution in [3.8, 4) is 0 Å². The molecule has 0 saturated heterocycles. The van der Waals surface area contributed by atoms with Gasteiger partial charge in [0, 0.05) is 18.1 Å². The predicted molar refractivity (Wildman–Crippen MR) is 76.8 cm³/mol. The van der Waals surface area contributed by atoms with Crippen LogP contribution in [-0.2, 0) is 15.7 Å². The molecule has 3 N–H and O–H groups in total. The molecule has 0 aliphatic heterocycles. The molecule has 2 aromatic rings. The minimum absolute atomic E-state index is 0.0788. The van der Waals surface area contributed by atoms with Crippen molar-refractivity contribution in [2.45, 2.75) is 6.18 Å². The Morgan fingerprint density at radius 1 is 1.21 bits per heavy atom. The highest BCUT2D eigenvalue weighted by molar-refractivity contribution is 5.96. The molecule has 0 radical (unpaired) electrons. The number of carbonyl (C=O) groups is 2. The van der Waals surface area contributed by atoms with Gasteiger partial charge in [-0.3, -0.25) is 4.79 Å². The summed E-state index contributed by atoms with van der Waals surface area (Å²) in [6, 6.07) is 4.05. The van der Waals surface area contributed by atoms with Gasteiger partial charge in [0.15, 0.2) is 18.1 Å². The van der Waals surface area contributed by atoms with E-state index in [1.807, 2.05) is 0 Å². The number of alkyl halides is 3. The molecule has 0 fully saturated rings. The van der Waals surface area contributed by atoms with Crippen LogP contribution in [0.1, 0.15) is 16.1 Å². The summed E-state index contributed by atoms with van der Waals surface area (Å²) in [7, 11) is 0. The van der Waals surface area contributed by atoms with Crippen LogP contribution < -0.4 is 11.1 Å². The van der Waals surface area contributed by atoms with Crippen LogP contribution in [0.25, 0.3) is 0 Å². The molecule has 7 nitrogen and oxygen atoms in total. The Morgan fingerprint density at radius 3 is 2.58 bits per heavy atom. The first-order chi connectivity index (χ1) is 11.3. The normalized spacial score (nSPS) is 11.0. The van der Waals surface area contributed by atoms with Crippen molar-refractivity contribution >= 4 is 23.4 Å². The Hall–Kier alpha value is -3.17. The zero-order valence-electron chi connectivity index (χ0n) is 12.0. The van der Waals surface area contributed by atoms with E-state index in [0.29, 0.717) is 0 Å². The second kappa shape index (κ2) is 6.94. The number of nitrogens with two attached hydrogens (primary N) is 1. The minimum atomic E-state index is -4.53. The lowest BCUT2D eigenvalue weighted by atomic mass is 10.2. The van der Waals surface area contributed by atoms with Crippen LogP contribution in [0.5, 0.6) is 0 Å². The zero-order valence-corrected chi connectivity index (χ0v) is 12.0. The van der Waals surface area contributed by atoms with E-state index in [0.717, 1.165) is 18.2 Å². The van der Waals surface area contributed by atoms with Gasteiger partial charge in [0.1, 0.15) is 0 Å². The Kier molecular flexibility index (Phi) is 4.97. The molecule has 1 aromatic heterocycles. The summed E-state index contributed by atoms with van der Waals surface area (Å²) in [5.41, 5.74) is 4.18. The fraction of sp³-hybridized carbons (Fsp3) is 0.143. The highest BCUT2D eigenvalue weighted by Crippen LogP contribution is 2.30. The van der Waals surface area contributed by atoms with Gasteiger partial charge in [-0.2, -0.15) is 13.2 Å². The van der Waals surface area contributed by atoms with Crippen molar-refractivity contribution < 1.29 is 27.5 Å². The molecule has 0 bridgehead atoms. The highest BCUT2D eigenvalue weighted by atomic mass is 19.4. The number of carbonyl (C=O) groups excluding carboxylic acids is 2. The topological polar surface area (TPSA) is 107 Å². The molecular formula is C14H11F3N4O3. The van der Waals surface area contributed by atoms with Crippen molar-refractivity contribution in [3.05, 3.63) is 47.9 Å². The third-order valence-electron chi connectivity index (χ3n) is 2.73. The lowest BCUT2D eigenvalue weighted by molar-refractivity contribution is -0.137. The van der Waals surface area contributed by atoms with E-state index in [-0.39, 0.29) is 17.2 Å². The molecule has 0 aliphatic rings. The van der Waals surface area contributed by atoms with Gasteiger partial charge in [-0.15, -0.1) is 0 Å². The number of aromatic nitrogens is 2. The summed E-state index contributed by atoms with van der Waals surface area (Å²) in [6.07, 6.45) is -2.04. The fourth-order valence-electron chi connectivity index (χ4n) is 1.68. The number of rotatable bonds is 4. The van der Waals surface area contributed by atoms with Crippen molar-refractivity contribution in [2.75, 3.05) is 17.7 Å². The summed E-state index contributed by atoms with van der Waals surface area (Å²) < 4.78 is 42.4. The second-order valence-corrected chi connectivity index (χ2v) is 4.49. The number of benzene rings is 1. The van der Waals surface area contributed by atoms with Gasteiger partial charge in [-0.25, -0.2) is 14.8 Å². The molecule has 0 unspecified atom stereocenters.